The average Bonchev–Trinajstić information content (AvgIpc) is 2.47. The first-order chi connectivity index (χ1) is 10.0. The Kier molecular flexibility index (Phi) is 4.52. The lowest BCUT2D eigenvalue weighted by Crippen LogP contribution is -2.30. The van der Waals surface area contributed by atoms with Gasteiger partial charge in [-0.15, -0.1) is 0 Å². The van der Waals surface area contributed by atoms with E-state index in [1.54, 1.807) is 12.1 Å². The number of hydrogen-bond donors (Lipinski definition) is 1. The summed E-state index contributed by atoms with van der Waals surface area (Å²) in [7, 11) is 0. The fourth-order valence-electron chi connectivity index (χ4n) is 2.03. The lowest BCUT2D eigenvalue weighted by atomic mass is 10.1. The summed E-state index contributed by atoms with van der Waals surface area (Å²) in [6, 6.07) is 10.0. The molecular weight excluding hydrogens is 274 g/mol. The highest BCUT2D eigenvalue weighted by atomic mass is 19.1. The highest BCUT2D eigenvalue weighted by molar-refractivity contribution is 5.94. The fourth-order valence-corrected chi connectivity index (χ4v) is 2.03. The van der Waals surface area contributed by atoms with Crippen molar-refractivity contribution in [1.29, 1.82) is 0 Å². The van der Waals surface area contributed by atoms with Crippen LogP contribution in [0.15, 0.2) is 42.5 Å². The number of hydrogen-bond acceptors (Lipinski definition) is 2. The third-order valence-electron chi connectivity index (χ3n) is 3.18. The van der Waals surface area contributed by atoms with Crippen LogP contribution in [0.1, 0.15) is 22.8 Å². The summed E-state index contributed by atoms with van der Waals surface area (Å²) in [5, 5.41) is 0. The standard InChI is InChI=1S/C16H16F2N2O/c1-2-20(10-11-4-3-5-13(17)8-11)16(21)12-6-7-15(19)14(18)9-12/h3-9H,2,10,19H2,1H3. The Hall–Kier alpha value is -2.43. The van der Waals surface area contributed by atoms with Gasteiger partial charge in [-0.25, -0.2) is 8.78 Å². The molecule has 5 heteroatoms. The molecule has 0 saturated carbocycles. The van der Waals surface area contributed by atoms with Gasteiger partial charge in [0, 0.05) is 18.7 Å². The van der Waals surface area contributed by atoms with Crippen LogP contribution in [0.5, 0.6) is 0 Å². The van der Waals surface area contributed by atoms with Crippen molar-refractivity contribution in [1.82, 2.24) is 4.90 Å². The normalized spacial score (nSPS) is 10.4. The van der Waals surface area contributed by atoms with Crippen LogP contribution in [0.2, 0.25) is 0 Å². The highest BCUT2D eigenvalue weighted by Crippen LogP contribution is 2.15. The van der Waals surface area contributed by atoms with Crippen molar-refractivity contribution in [3.05, 3.63) is 65.2 Å². The monoisotopic (exact) mass is 290 g/mol. The summed E-state index contributed by atoms with van der Waals surface area (Å²) >= 11 is 0. The third-order valence-corrected chi connectivity index (χ3v) is 3.18. The summed E-state index contributed by atoms with van der Waals surface area (Å²) in [6.07, 6.45) is 0. The molecule has 0 aromatic heterocycles. The number of benzene rings is 2. The molecule has 0 spiro atoms. The van der Waals surface area contributed by atoms with Crippen molar-refractivity contribution in [2.75, 3.05) is 12.3 Å². The van der Waals surface area contributed by atoms with E-state index in [4.69, 9.17) is 5.73 Å². The van der Waals surface area contributed by atoms with Crippen LogP contribution in [-0.2, 0) is 6.54 Å². The first-order valence-corrected chi connectivity index (χ1v) is 6.60. The Morgan fingerprint density at radius 2 is 1.95 bits per heavy atom. The van der Waals surface area contributed by atoms with Gasteiger partial charge in [0.15, 0.2) is 0 Å². The van der Waals surface area contributed by atoms with Crippen LogP contribution in [-0.4, -0.2) is 17.4 Å². The zero-order valence-electron chi connectivity index (χ0n) is 11.6. The number of halogens is 2. The van der Waals surface area contributed by atoms with Gasteiger partial charge in [-0.3, -0.25) is 4.79 Å². The third kappa shape index (κ3) is 3.56. The van der Waals surface area contributed by atoms with Crippen LogP contribution in [0, 0.1) is 11.6 Å². The van der Waals surface area contributed by atoms with Crippen LogP contribution < -0.4 is 5.73 Å². The molecule has 21 heavy (non-hydrogen) atoms. The van der Waals surface area contributed by atoms with Gasteiger partial charge in [-0.1, -0.05) is 12.1 Å². The quantitative estimate of drug-likeness (QED) is 0.879. The number of nitrogens with two attached hydrogens (primary N) is 1. The summed E-state index contributed by atoms with van der Waals surface area (Å²) < 4.78 is 26.6. The summed E-state index contributed by atoms with van der Waals surface area (Å²) in [5.41, 5.74) is 6.30. The molecule has 0 heterocycles. The van der Waals surface area contributed by atoms with Crippen molar-refractivity contribution < 1.29 is 13.6 Å². The topological polar surface area (TPSA) is 46.3 Å². The Bertz CT molecular complexity index is 658. The second-order valence-electron chi connectivity index (χ2n) is 4.69. The van der Waals surface area contributed by atoms with Gasteiger partial charge < -0.3 is 10.6 Å². The number of anilines is 1. The second kappa shape index (κ2) is 6.35. The van der Waals surface area contributed by atoms with Gasteiger partial charge >= 0.3 is 0 Å². The van der Waals surface area contributed by atoms with E-state index >= 15 is 0 Å². The van der Waals surface area contributed by atoms with E-state index in [9.17, 15) is 13.6 Å². The van der Waals surface area contributed by atoms with Gasteiger partial charge in [0.25, 0.3) is 5.91 Å². The number of carbonyl (C=O) groups excluding carboxylic acids is 1. The van der Waals surface area contributed by atoms with Crippen molar-refractivity contribution in [3.8, 4) is 0 Å². The maximum atomic E-state index is 13.4. The van der Waals surface area contributed by atoms with Crippen LogP contribution in [0.25, 0.3) is 0 Å². The minimum absolute atomic E-state index is 0.000251. The maximum absolute atomic E-state index is 13.4. The lowest BCUT2D eigenvalue weighted by Gasteiger charge is -2.21. The average molecular weight is 290 g/mol. The minimum Gasteiger partial charge on any atom is -0.396 e. The van der Waals surface area contributed by atoms with E-state index < -0.39 is 5.82 Å². The van der Waals surface area contributed by atoms with Crippen molar-refractivity contribution >= 4 is 11.6 Å². The molecule has 1 amide bonds. The fraction of sp³-hybridized carbons (Fsp3) is 0.188. The molecule has 0 aliphatic carbocycles. The predicted molar refractivity (Wildman–Crippen MR) is 77.6 cm³/mol. The highest BCUT2D eigenvalue weighted by Gasteiger charge is 2.16. The van der Waals surface area contributed by atoms with Gasteiger partial charge in [-0.2, -0.15) is 0 Å². The molecule has 0 bridgehead atoms. The number of rotatable bonds is 4. The number of amides is 1. The Morgan fingerprint density at radius 3 is 2.57 bits per heavy atom. The maximum Gasteiger partial charge on any atom is 0.254 e. The van der Waals surface area contributed by atoms with Crippen LogP contribution in [0.4, 0.5) is 14.5 Å². The van der Waals surface area contributed by atoms with Gasteiger partial charge in [0.05, 0.1) is 5.69 Å². The second-order valence-corrected chi connectivity index (χ2v) is 4.69. The van der Waals surface area contributed by atoms with E-state index in [1.807, 2.05) is 6.92 Å². The van der Waals surface area contributed by atoms with Crippen molar-refractivity contribution in [3.63, 3.8) is 0 Å². The van der Waals surface area contributed by atoms with Crippen molar-refractivity contribution in [2.45, 2.75) is 13.5 Å². The molecule has 2 aromatic rings. The lowest BCUT2D eigenvalue weighted by molar-refractivity contribution is 0.0752. The van der Waals surface area contributed by atoms with Gasteiger partial charge in [0.1, 0.15) is 11.6 Å². The summed E-state index contributed by atoms with van der Waals surface area (Å²) in [6.45, 7) is 2.51. The molecule has 2 rings (SSSR count). The smallest absolute Gasteiger partial charge is 0.254 e. The molecule has 0 aliphatic rings. The molecule has 2 N–H and O–H groups in total. The molecule has 2 aromatic carbocycles. The predicted octanol–water partition coefficient (Wildman–Crippen LogP) is 3.21. The zero-order chi connectivity index (χ0) is 15.4. The van der Waals surface area contributed by atoms with E-state index in [1.165, 1.54) is 29.2 Å². The molecule has 3 nitrogen and oxygen atoms in total. The largest absolute Gasteiger partial charge is 0.396 e. The molecular formula is C16H16F2N2O. The van der Waals surface area contributed by atoms with E-state index in [-0.39, 0.29) is 29.5 Å². The summed E-state index contributed by atoms with van der Waals surface area (Å²) in [5.74, 6) is -1.29. The zero-order valence-corrected chi connectivity index (χ0v) is 11.6. The van der Waals surface area contributed by atoms with E-state index in [0.717, 1.165) is 6.07 Å². The van der Waals surface area contributed by atoms with Crippen LogP contribution in [0.3, 0.4) is 0 Å². The number of carbonyl (C=O) groups is 1. The van der Waals surface area contributed by atoms with Crippen molar-refractivity contribution in [2.24, 2.45) is 0 Å². The Balaban J connectivity index is 2.20. The van der Waals surface area contributed by atoms with E-state index in [0.29, 0.717) is 12.1 Å². The molecule has 0 fully saturated rings. The molecule has 0 atom stereocenters. The first kappa shape index (κ1) is 15.0. The Labute approximate surface area is 122 Å². The molecule has 110 valence electrons. The SMILES string of the molecule is CCN(Cc1cccc(F)c1)C(=O)c1ccc(N)c(F)c1. The minimum atomic E-state index is -0.623. The number of nitrogen functional groups attached to an aromatic ring is 1. The number of nitrogens with zero attached hydrogens (tertiary/aromatic N) is 1. The van der Waals surface area contributed by atoms with Crippen LogP contribution >= 0.6 is 0 Å². The molecule has 0 unspecified atom stereocenters. The molecule has 0 aliphatic heterocycles. The van der Waals surface area contributed by atoms with E-state index in [2.05, 4.69) is 0 Å². The Morgan fingerprint density at radius 1 is 1.19 bits per heavy atom. The molecule has 0 saturated heterocycles. The summed E-state index contributed by atoms with van der Waals surface area (Å²) in [4.78, 5) is 13.9. The van der Waals surface area contributed by atoms with Gasteiger partial charge in [0.2, 0.25) is 0 Å². The molecule has 0 radical (unpaired) electrons. The first-order valence-electron chi connectivity index (χ1n) is 6.60. The van der Waals surface area contributed by atoms with Gasteiger partial charge in [-0.05, 0) is 42.8 Å².